The number of hydrogen-bond donors (Lipinski definition) is 1. The van der Waals surface area contributed by atoms with Crippen molar-refractivity contribution >= 4 is 15.9 Å². The normalized spacial score (nSPS) is 14.8. The molecule has 0 atom stereocenters. The molecule has 1 saturated carbocycles. The molecular weight excluding hydrogens is 302 g/mol. The Bertz CT molecular complexity index is 573. The van der Waals surface area contributed by atoms with Crippen molar-refractivity contribution in [1.29, 1.82) is 0 Å². The van der Waals surface area contributed by atoms with Gasteiger partial charge in [-0.05, 0) is 59.1 Å². The van der Waals surface area contributed by atoms with Gasteiger partial charge in [0.05, 0.1) is 11.4 Å². The van der Waals surface area contributed by atoms with Gasteiger partial charge in [0.2, 0.25) is 0 Å². The van der Waals surface area contributed by atoms with E-state index in [1.54, 1.807) is 0 Å². The van der Waals surface area contributed by atoms with Crippen molar-refractivity contribution in [1.82, 2.24) is 15.1 Å². The second kappa shape index (κ2) is 5.47. The summed E-state index contributed by atoms with van der Waals surface area (Å²) in [7, 11) is 0. The lowest BCUT2D eigenvalue weighted by Crippen LogP contribution is -2.11. The van der Waals surface area contributed by atoms with E-state index in [0.29, 0.717) is 5.92 Å². The predicted octanol–water partition coefficient (Wildman–Crippen LogP) is 3.62. The molecule has 0 aliphatic heterocycles. The van der Waals surface area contributed by atoms with Crippen molar-refractivity contribution in [3.8, 4) is 5.69 Å². The Morgan fingerprint density at radius 3 is 2.89 bits per heavy atom. The molecule has 3 nitrogen and oxygen atoms in total. The van der Waals surface area contributed by atoms with Crippen LogP contribution in [-0.2, 0) is 6.54 Å². The first kappa shape index (κ1) is 12.9. The number of nitrogens with zero attached hydrogens (tertiary/aromatic N) is 2. The SMILES string of the molecule is CCNCc1ccc(-n2ccc(C3CC3)n2)c(Br)c1. The minimum Gasteiger partial charge on any atom is -0.313 e. The molecule has 100 valence electrons. The van der Waals surface area contributed by atoms with E-state index in [9.17, 15) is 0 Å². The summed E-state index contributed by atoms with van der Waals surface area (Å²) in [6.45, 7) is 4.01. The number of rotatable bonds is 5. The van der Waals surface area contributed by atoms with Crippen LogP contribution in [0.5, 0.6) is 0 Å². The molecule has 0 saturated heterocycles. The molecule has 0 spiro atoms. The van der Waals surface area contributed by atoms with Gasteiger partial charge in [-0.15, -0.1) is 0 Å². The largest absolute Gasteiger partial charge is 0.313 e. The van der Waals surface area contributed by atoms with Crippen LogP contribution in [0.25, 0.3) is 5.69 Å². The van der Waals surface area contributed by atoms with E-state index in [-0.39, 0.29) is 0 Å². The highest BCUT2D eigenvalue weighted by Gasteiger charge is 2.26. The van der Waals surface area contributed by atoms with Crippen LogP contribution in [0.1, 0.15) is 36.9 Å². The van der Waals surface area contributed by atoms with Crippen LogP contribution < -0.4 is 5.32 Å². The molecule has 0 radical (unpaired) electrons. The molecule has 0 bridgehead atoms. The van der Waals surface area contributed by atoms with Crippen molar-refractivity contribution in [2.24, 2.45) is 0 Å². The van der Waals surface area contributed by atoms with Gasteiger partial charge in [0.1, 0.15) is 0 Å². The second-order valence-corrected chi connectivity index (χ2v) is 5.88. The van der Waals surface area contributed by atoms with Crippen molar-refractivity contribution in [3.05, 3.63) is 46.2 Å². The summed E-state index contributed by atoms with van der Waals surface area (Å²) in [6, 6.07) is 8.58. The molecule has 1 aromatic heterocycles. The molecule has 1 aliphatic rings. The zero-order valence-electron chi connectivity index (χ0n) is 11.1. The van der Waals surface area contributed by atoms with E-state index in [4.69, 9.17) is 0 Å². The quantitative estimate of drug-likeness (QED) is 0.912. The maximum atomic E-state index is 4.67. The average Bonchev–Trinajstić information content (AvgIpc) is 3.15. The Morgan fingerprint density at radius 1 is 1.37 bits per heavy atom. The third kappa shape index (κ3) is 2.90. The van der Waals surface area contributed by atoms with Gasteiger partial charge in [0.25, 0.3) is 0 Å². The molecule has 2 aromatic rings. The first-order valence-electron chi connectivity index (χ1n) is 6.83. The Kier molecular flexibility index (Phi) is 3.71. The summed E-state index contributed by atoms with van der Waals surface area (Å²) >= 11 is 3.65. The Morgan fingerprint density at radius 2 is 2.21 bits per heavy atom. The summed E-state index contributed by atoms with van der Waals surface area (Å²) in [4.78, 5) is 0. The first-order chi connectivity index (χ1) is 9.28. The third-order valence-electron chi connectivity index (χ3n) is 3.44. The minimum atomic E-state index is 0.702. The highest BCUT2D eigenvalue weighted by atomic mass is 79.9. The summed E-state index contributed by atoms with van der Waals surface area (Å²) in [5.74, 6) is 0.702. The fraction of sp³-hybridized carbons (Fsp3) is 0.400. The molecule has 19 heavy (non-hydrogen) atoms. The molecular formula is C15H18BrN3. The fourth-order valence-corrected chi connectivity index (χ4v) is 2.79. The van der Waals surface area contributed by atoms with Crippen LogP contribution >= 0.6 is 15.9 Å². The van der Waals surface area contributed by atoms with Crippen LogP contribution in [0.2, 0.25) is 0 Å². The molecule has 1 aliphatic carbocycles. The van der Waals surface area contributed by atoms with E-state index in [2.05, 4.69) is 63.7 Å². The van der Waals surface area contributed by atoms with E-state index in [1.165, 1.54) is 24.1 Å². The second-order valence-electron chi connectivity index (χ2n) is 5.03. The zero-order valence-corrected chi connectivity index (χ0v) is 12.7. The lowest BCUT2D eigenvalue weighted by atomic mass is 10.2. The number of nitrogens with one attached hydrogen (secondary N) is 1. The van der Waals surface area contributed by atoms with Crippen LogP contribution in [0.4, 0.5) is 0 Å². The van der Waals surface area contributed by atoms with Crippen molar-refractivity contribution < 1.29 is 0 Å². The third-order valence-corrected chi connectivity index (χ3v) is 4.08. The number of benzene rings is 1. The van der Waals surface area contributed by atoms with Crippen LogP contribution in [0, 0.1) is 0 Å². The topological polar surface area (TPSA) is 29.9 Å². The van der Waals surface area contributed by atoms with Gasteiger partial charge in [-0.2, -0.15) is 5.10 Å². The lowest BCUT2D eigenvalue weighted by molar-refractivity contribution is 0.725. The lowest BCUT2D eigenvalue weighted by Gasteiger charge is -2.08. The van der Waals surface area contributed by atoms with Gasteiger partial charge in [-0.25, -0.2) is 4.68 Å². The van der Waals surface area contributed by atoms with E-state index >= 15 is 0 Å². The van der Waals surface area contributed by atoms with Gasteiger partial charge in [-0.1, -0.05) is 13.0 Å². The Labute approximate surface area is 122 Å². The number of aromatic nitrogens is 2. The Hall–Kier alpha value is -1.13. The number of halogens is 1. The molecule has 1 aromatic carbocycles. The van der Waals surface area contributed by atoms with Gasteiger partial charge in [0.15, 0.2) is 0 Å². The predicted molar refractivity (Wildman–Crippen MR) is 80.6 cm³/mol. The molecule has 3 rings (SSSR count). The van der Waals surface area contributed by atoms with E-state index in [0.717, 1.165) is 23.2 Å². The van der Waals surface area contributed by atoms with Crippen LogP contribution in [0.15, 0.2) is 34.9 Å². The Balaban J connectivity index is 1.82. The van der Waals surface area contributed by atoms with Gasteiger partial charge in [-0.3, -0.25) is 0 Å². The minimum absolute atomic E-state index is 0.702. The van der Waals surface area contributed by atoms with Crippen LogP contribution in [-0.4, -0.2) is 16.3 Å². The molecule has 1 heterocycles. The van der Waals surface area contributed by atoms with Crippen molar-refractivity contribution in [3.63, 3.8) is 0 Å². The number of hydrogen-bond acceptors (Lipinski definition) is 2. The molecule has 1 N–H and O–H groups in total. The van der Waals surface area contributed by atoms with Gasteiger partial charge in [0, 0.05) is 23.1 Å². The van der Waals surface area contributed by atoms with Crippen LogP contribution in [0.3, 0.4) is 0 Å². The monoisotopic (exact) mass is 319 g/mol. The molecule has 1 fully saturated rings. The van der Waals surface area contributed by atoms with Gasteiger partial charge < -0.3 is 5.32 Å². The average molecular weight is 320 g/mol. The van der Waals surface area contributed by atoms with E-state index in [1.807, 2.05) is 4.68 Å². The van der Waals surface area contributed by atoms with E-state index < -0.39 is 0 Å². The molecule has 4 heteroatoms. The summed E-state index contributed by atoms with van der Waals surface area (Å²) in [5.41, 5.74) is 3.61. The standard InChI is InChI=1S/C15H18BrN3/c1-2-17-10-11-3-6-15(13(16)9-11)19-8-7-14(18-19)12-4-5-12/h3,6-9,12,17H,2,4-5,10H2,1H3. The maximum Gasteiger partial charge on any atom is 0.0787 e. The molecule has 0 amide bonds. The fourth-order valence-electron chi connectivity index (χ4n) is 2.18. The highest BCUT2D eigenvalue weighted by molar-refractivity contribution is 9.10. The zero-order chi connectivity index (χ0) is 13.2. The summed E-state index contributed by atoms with van der Waals surface area (Å²) in [5, 5.41) is 8.00. The van der Waals surface area contributed by atoms with Gasteiger partial charge >= 0.3 is 0 Å². The first-order valence-corrected chi connectivity index (χ1v) is 7.62. The smallest absolute Gasteiger partial charge is 0.0787 e. The molecule has 0 unspecified atom stereocenters. The van der Waals surface area contributed by atoms with Crippen molar-refractivity contribution in [2.45, 2.75) is 32.2 Å². The highest BCUT2D eigenvalue weighted by Crippen LogP contribution is 2.39. The summed E-state index contributed by atoms with van der Waals surface area (Å²) < 4.78 is 3.06. The summed E-state index contributed by atoms with van der Waals surface area (Å²) in [6.07, 6.45) is 4.64. The van der Waals surface area contributed by atoms with Crippen molar-refractivity contribution in [2.75, 3.05) is 6.54 Å². The maximum absolute atomic E-state index is 4.67.